The number of imide groups is 1. The molecule has 0 bridgehead atoms. The molecule has 1 heterocycles. The van der Waals surface area contributed by atoms with Crippen LogP contribution in [0.15, 0.2) is 54.6 Å². The zero-order valence-electron chi connectivity index (χ0n) is 14.7. The first-order chi connectivity index (χ1) is 12.4. The van der Waals surface area contributed by atoms with Gasteiger partial charge in [0.15, 0.2) is 0 Å². The molecule has 2 aromatic rings. The number of ether oxygens (including phenoxy) is 1. The van der Waals surface area contributed by atoms with Gasteiger partial charge in [0.05, 0.1) is 23.3 Å². The minimum atomic E-state index is -0.875. The second kappa shape index (κ2) is 7.09. The first-order valence-corrected chi connectivity index (χ1v) is 8.31. The molecule has 26 heavy (non-hydrogen) atoms. The fourth-order valence-electron chi connectivity index (χ4n) is 2.92. The Bertz CT molecular complexity index is 811. The second-order valence-corrected chi connectivity index (χ2v) is 6.71. The van der Waals surface area contributed by atoms with Gasteiger partial charge in [0.1, 0.15) is 6.61 Å². The van der Waals surface area contributed by atoms with Crippen molar-refractivity contribution in [2.24, 2.45) is 0 Å². The van der Waals surface area contributed by atoms with E-state index in [0.29, 0.717) is 16.8 Å². The van der Waals surface area contributed by atoms with Crippen molar-refractivity contribution in [2.75, 3.05) is 18.5 Å². The van der Waals surface area contributed by atoms with E-state index in [0.717, 1.165) is 0 Å². The van der Waals surface area contributed by atoms with Crippen molar-refractivity contribution in [1.29, 1.82) is 0 Å². The first-order valence-electron chi connectivity index (χ1n) is 8.31. The van der Waals surface area contributed by atoms with Gasteiger partial charge in [-0.2, -0.15) is 0 Å². The number of nitrogens with one attached hydrogen (secondary N) is 1. The zero-order valence-corrected chi connectivity index (χ0v) is 14.7. The number of nitrogens with zero attached hydrogens (tertiary/aromatic N) is 1. The molecule has 1 N–H and O–H groups in total. The molecule has 0 atom stereocenters. The van der Waals surface area contributed by atoms with E-state index in [1.165, 1.54) is 4.90 Å². The minimum absolute atomic E-state index is 0.0562. The maximum atomic E-state index is 12.6. The number of para-hydroxylation sites is 1. The highest BCUT2D eigenvalue weighted by atomic mass is 16.5. The molecule has 0 saturated heterocycles. The van der Waals surface area contributed by atoms with Crippen molar-refractivity contribution >= 4 is 23.4 Å². The number of hydrogen-bond donors (Lipinski definition) is 1. The van der Waals surface area contributed by atoms with Crippen molar-refractivity contribution in [3.63, 3.8) is 0 Å². The predicted molar refractivity (Wildman–Crippen MR) is 96.9 cm³/mol. The summed E-state index contributed by atoms with van der Waals surface area (Å²) in [6.07, 6.45) is 0. The highest BCUT2D eigenvalue weighted by Crippen LogP contribution is 2.29. The lowest BCUT2D eigenvalue weighted by Gasteiger charge is -2.33. The summed E-state index contributed by atoms with van der Waals surface area (Å²) in [5, 5.41) is 2.72. The third-order valence-electron chi connectivity index (χ3n) is 4.15. The summed E-state index contributed by atoms with van der Waals surface area (Å²) in [5.41, 5.74) is 0.598. The molecule has 1 aliphatic heterocycles. The molecule has 3 rings (SSSR count). The number of hydrogen-bond acceptors (Lipinski definition) is 4. The van der Waals surface area contributed by atoms with E-state index < -0.39 is 5.54 Å². The van der Waals surface area contributed by atoms with Crippen molar-refractivity contribution in [3.8, 4) is 0 Å². The number of anilines is 1. The van der Waals surface area contributed by atoms with Gasteiger partial charge in [-0.25, -0.2) is 0 Å². The topological polar surface area (TPSA) is 75.7 Å². The summed E-state index contributed by atoms with van der Waals surface area (Å²) in [4.78, 5) is 38.3. The van der Waals surface area contributed by atoms with Gasteiger partial charge in [0.2, 0.25) is 5.91 Å². The molecule has 0 unspecified atom stereocenters. The Morgan fingerprint density at radius 3 is 2.08 bits per heavy atom. The lowest BCUT2D eigenvalue weighted by molar-refractivity contribution is -0.121. The van der Waals surface area contributed by atoms with E-state index >= 15 is 0 Å². The maximum Gasteiger partial charge on any atom is 0.262 e. The summed E-state index contributed by atoms with van der Waals surface area (Å²) in [7, 11) is 0. The molecule has 0 spiro atoms. The van der Waals surface area contributed by atoms with Crippen LogP contribution in [0.4, 0.5) is 5.69 Å². The van der Waals surface area contributed by atoms with Crippen LogP contribution in [0.5, 0.6) is 0 Å². The molecule has 0 saturated carbocycles. The van der Waals surface area contributed by atoms with Crippen LogP contribution in [0.2, 0.25) is 0 Å². The lowest BCUT2D eigenvalue weighted by Crippen LogP contribution is -2.50. The van der Waals surface area contributed by atoms with Gasteiger partial charge >= 0.3 is 0 Å². The fraction of sp³-hybridized carbons (Fsp3) is 0.250. The Hall–Kier alpha value is -2.99. The molecular formula is C20H20N2O4. The normalized spacial score (nSPS) is 13.7. The smallest absolute Gasteiger partial charge is 0.262 e. The summed E-state index contributed by atoms with van der Waals surface area (Å²) in [5.74, 6) is -0.977. The van der Waals surface area contributed by atoms with Gasteiger partial charge in [-0.15, -0.1) is 0 Å². The average Bonchev–Trinajstić information content (AvgIpc) is 2.87. The molecule has 3 amide bonds. The average molecular weight is 352 g/mol. The molecule has 0 fully saturated rings. The van der Waals surface area contributed by atoms with Gasteiger partial charge in [-0.3, -0.25) is 19.3 Å². The van der Waals surface area contributed by atoms with Crippen LogP contribution in [0.25, 0.3) is 0 Å². The van der Waals surface area contributed by atoms with Crippen LogP contribution in [0, 0.1) is 0 Å². The fourth-order valence-corrected chi connectivity index (χ4v) is 2.92. The van der Waals surface area contributed by atoms with E-state index in [-0.39, 0.29) is 30.9 Å². The van der Waals surface area contributed by atoms with Crippen LogP contribution >= 0.6 is 0 Å². The molecule has 6 heteroatoms. The van der Waals surface area contributed by atoms with Gasteiger partial charge in [-0.1, -0.05) is 30.3 Å². The summed E-state index contributed by atoms with van der Waals surface area (Å²) < 4.78 is 5.48. The molecular weight excluding hydrogens is 332 g/mol. The Morgan fingerprint density at radius 1 is 0.962 bits per heavy atom. The third-order valence-corrected chi connectivity index (χ3v) is 4.15. The minimum Gasteiger partial charge on any atom is -0.369 e. The van der Waals surface area contributed by atoms with Gasteiger partial charge in [-0.05, 0) is 38.1 Å². The van der Waals surface area contributed by atoms with E-state index in [1.807, 2.05) is 18.2 Å². The van der Waals surface area contributed by atoms with Crippen LogP contribution in [-0.2, 0) is 9.53 Å². The molecule has 6 nitrogen and oxygen atoms in total. The predicted octanol–water partition coefficient (Wildman–Crippen LogP) is 2.72. The number of benzene rings is 2. The number of carbonyl (C=O) groups is 3. The van der Waals surface area contributed by atoms with Crippen molar-refractivity contribution in [2.45, 2.75) is 19.4 Å². The van der Waals surface area contributed by atoms with E-state index in [1.54, 1.807) is 50.2 Å². The van der Waals surface area contributed by atoms with E-state index in [2.05, 4.69) is 5.32 Å². The van der Waals surface area contributed by atoms with Gasteiger partial charge in [0, 0.05) is 5.69 Å². The molecule has 0 radical (unpaired) electrons. The molecule has 134 valence electrons. The van der Waals surface area contributed by atoms with Crippen LogP contribution in [0.1, 0.15) is 34.6 Å². The van der Waals surface area contributed by atoms with E-state index in [9.17, 15) is 14.4 Å². The molecule has 1 aliphatic rings. The first kappa shape index (κ1) is 17.8. The molecule has 2 aromatic carbocycles. The van der Waals surface area contributed by atoms with Crippen LogP contribution < -0.4 is 5.32 Å². The van der Waals surface area contributed by atoms with Gasteiger partial charge < -0.3 is 10.1 Å². The van der Waals surface area contributed by atoms with Crippen LogP contribution in [0.3, 0.4) is 0 Å². The molecule has 0 aromatic heterocycles. The second-order valence-electron chi connectivity index (χ2n) is 6.71. The molecule has 0 aliphatic carbocycles. The standard InChI is InChI=1S/C20H20N2O4/c1-20(2,13-26-12-17(23)21-14-8-4-3-5-9-14)22-18(24)15-10-6-7-11-16(15)19(22)25/h3-11H,12-13H2,1-2H3,(H,21,23). The Morgan fingerprint density at radius 2 is 1.50 bits per heavy atom. The SMILES string of the molecule is CC(C)(COCC(=O)Nc1ccccc1)N1C(=O)c2ccccc2C1=O. The lowest BCUT2D eigenvalue weighted by atomic mass is 10.0. The summed E-state index contributed by atoms with van der Waals surface area (Å²) in [6, 6.07) is 15.8. The Labute approximate surface area is 151 Å². The summed E-state index contributed by atoms with van der Waals surface area (Å²) >= 11 is 0. The zero-order chi connectivity index (χ0) is 18.7. The number of fused-ring (bicyclic) bond motifs is 1. The Kier molecular flexibility index (Phi) is 4.86. The quantitative estimate of drug-likeness (QED) is 0.811. The Balaban J connectivity index is 1.59. The van der Waals surface area contributed by atoms with Crippen molar-refractivity contribution < 1.29 is 19.1 Å². The third kappa shape index (κ3) is 3.50. The highest BCUT2D eigenvalue weighted by molar-refractivity contribution is 6.21. The largest absolute Gasteiger partial charge is 0.369 e. The van der Waals surface area contributed by atoms with Gasteiger partial charge in [0.25, 0.3) is 11.8 Å². The van der Waals surface area contributed by atoms with Crippen LogP contribution in [-0.4, -0.2) is 41.4 Å². The number of rotatable bonds is 6. The maximum absolute atomic E-state index is 12.6. The van der Waals surface area contributed by atoms with Crippen molar-refractivity contribution in [3.05, 3.63) is 65.7 Å². The monoisotopic (exact) mass is 352 g/mol. The summed E-state index contributed by atoms with van der Waals surface area (Å²) in [6.45, 7) is 3.37. The number of carbonyl (C=O) groups excluding carboxylic acids is 3. The number of amides is 3. The highest BCUT2D eigenvalue weighted by Gasteiger charge is 2.44. The van der Waals surface area contributed by atoms with Crippen molar-refractivity contribution in [1.82, 2.24) is 4.90 Å². The van der Waals surface area contributed by atoms with E-state index in [4.69, 9.17) is 4.74 Å².